The monoisotopic (exact) mass is 221 g/mol. The highest BCUT2D eigenvalue weighted by Gasteiger charge is 2.23. The summed E-state index contributed by atoms with van der Waals surface area (Å²) >= 11 is 0. The van der Waals surface area contributed by atoms with E-state index in [1.165, 1.54) is 5.01 Å². The molecule has 0 unspecified atom stereocenters. The van der Waals surface area contributed by atoms with Crippen LogP contribution in [0.4, 0.5) is 0 Å². The summed E-state index contributed by atoms with van der Waals surface area (Å²) in [6.07, 6.45) is 2.67. The summed E-state index contributed by atoms with van der Waals surface area (Å²) in [6.45, 7) is 0.453. The summed E-state index contributed by atoms with van der Waals surface area (Å²) in [4.78, 5) is 25.3. The van der Waals surface area contributed by atoms with Crippen molar-refractivity contribution in [2.24, 2.45) is 5.10 Å². The highest BCUT2D eigenvalue weighted by Crippen LogP contribution is 2.11. The van der Waals surface area contributed by atoms with E-state index < -0.39 is 5.97 Å². The van der Waals surface area contributed by atoms with Gasteiger partial charge >= 0.3 is 5.97 Å². The summed E-state index contributed by atoms with van der Waals surface area (Å²) < 4.78 is 0. The molecule has 2 heterocycles. The number of carbonyl (C=O) groups excluding carboxylic acids is 1. The first-order valence-corrected chi connectivity index (χ1v) is 4.94. The minimum atomic E-state index is -1.07. The van der Waals surface area contributed by atoms with Gasteiger partial charge in [-0.2, -0.15) is 5.10 Å². The molecule has 84 valence electrons. The van der Waals surface area contributed by atoms with Crippen molar-refractivity contribution in [3.05, 3.63) is 24.0 Å². The van der Waals surface area contributed by atoms with Crippen LogP contribution in [0.2, 0.25) is 0 Å². The molecule has 1 aliphatic heterocycles. The lowest BCUT2D eigenvalue weighted by atomic mass is 10.2. The van der Waals surface area contributed by atoms with Crippen molar-refractivity contribution in [2.45, 2.75) is 12.8 Å². The predicted molar refractivity (Wildman–Crippen MR) is 56.1 cm³/mol. The maximum Gasteiger partial charge on any atom is 0.352 e. The Kier molecular flexibility index (Phi) is 2.72. The summed E-state index contributed by atoms with van der Waals surface area (Å²) in [5, 5.41) is 13.8. The fraction of sp³-hybridized carbons (Fsp3) is 0.300. The van der Waals surface area contributed by atoms with Gasteiger partial charge in [-0.25, -0.2) is 9.80 Å². The van der Waals surface area contributed by atoms with Crippen LogP contribution in [0.1, 0.15) is 23.3 Å². The molecule has 0 saturated heterocycles. The number of hydrazone groups is 1. The van der Waals surface area contributed by atoms with Crippen LogP contribution < -0.4 is 0 Å². The molecule has 2 N–H and O–H groups in total. The van der Waals surface area contributed by atoms with E-state index in [2.05, 4.69) is 10.1 Å². The zero-order valence-electron chi connectivity index (χ0n) is 8.51. The van der Waals surface area contributed by atoms with Gasteiger partial charge < -0.3 is 10.1 Å². The fourth-order valence-electron chi connectivity index (χ4n) is 1.54. The Hall–Kier alpha value is -2.11. The van der Waals surface area contributed by atoms with E-state index in [1.807, 2.05) is 0 Å². The highest BCUT2D eigenvalue weighted by atomic mass is 16.4. The molecule has 6 heteroatoms. The molecule has 1 aromatic rings. The quantitative estimate of drug-likeness (QED) is 0.770. The number of carboxylic acid groups (broad SMARTS) is 1. The van der Waals surface area contributed by atoms with Gasteiger partial charge in [0.05, 0.1) is 0 Å². The van der Waals surface area contributed by atoms with Gasteiger partial charge in [-0.3, -0.25) is 4.79 Å². The zero-order valence-corrected chi connectivity index (χ0v) is 8.51. The van der Waals surface area contributed by atoms with E-state index >= 15 is 0 Å². The van der Waals surface area contributed by atoms with Crippen molar-refractivity contribution in [3.8, 4) is 0 Å². The third kappa shape index (κ3) is 1.95. The number of carboxylic acids is 1. The van der Waals surface area contributed by atoms with E-state index in [0.717, 1.165) is 0 Å². The van der Waals surface area contributed by atoms with E-state index in [0.29, 0.717) is 25.1 Å². The molecule has 0 radical (unpaired) electrons. The molecule has 0 saturated carbocycles. The number of amides is 1. The average molecular weight is 221 g/mol. The second-order valence-electron chi connectivity index (χ2n) is 3.47. The first kappa shape index (κ1) is 10.4. The Morgan fingerprint density at radius 2 is 2.31 bits per heavy atom. The first-order valence-electron chi connectivity index (χ1n) is 4.94. The summed E-state index contributed by atoms with van der Waals surface area (Å²) in [5.74, 6) is -1.37. The van der Waals surface area contributed by atoms with Crippen LogP contribution in [0.25, 0.3) is 0 Å². The summed E-state index contributed by atoms with van der Waals surface area (Å²) in [5.41, 5.74) is 0.446. The third-order valence-electron chi connectivity index (χ3n) is 2.33. The van der Waals surface area contributed by atoms with Crippen molar-refractivity contribution in [2.75, 3.05) is 6.54 Å². The molecule has 2 rings (SSSR count). The van der Waals surface area contributed by atoms with Gasteiger partial charge in [0.15, 0.2) is 0 Å². The van der Waals surface area contributed by atoms with Crippen molar-refractivity contribution < 1.29 is 14.7 Å². The van der Waals surface area contributed by atoms with Crippen LogP contribution in [-0.2, 0) is 4.79 Å². The van der Waals surface area contributed by atoms with Crippen molar-refractivity contribution in [1.82, 2.24) is 9.99 Å². The molecule has 0 aliphatic carbocycles. The number of rotatable bonds is 2. The number of nitrogens with zero attached hydrogens (tertiary/aromatic N) is 2. The minimum absolute atomic E-state index is 0.0335. The van der Waals surface area contributed by atoms with Gasteiger partial charge in [0.1, 0.15) is 11.4 Å². The molecule has 0 spiro atoms. The number of carbonyl (C=O) groups is 2. The highest BCUT2D eigenvalue weighted by molar-refractivity contribution is 6.35. The zero-order chi connectivity index (χ0) is 11.5. The van der Waals surface area contributed by atoms with Crippen LogP contribution in [0.3, 0.4) is 0 Å². The van der Waals surface area contributed by atoms with E-state index in [4.69, 9.17) is 5.11 Å². The maximum atomic E-state index is 11.8. The first-order chi connectivity index (χ1) is 7.68. The number of H-pyrrole nitrogens is 1. The number of aromatic amines is 1. The molecular formula is C10H11N3O3. The number of hydrogen-bond donors (Lipinski definition) is 2. The lowest BCUT2D eigenvalue weighted by Gasteiger charge is -2.21. The fourth-order valence-corrected chi connectivity index (χ4v) is 1.54. The Morgan fingerprint density at radius 1 is 1.50 bits per heavy atom. The van der Waals surface area contributed by atoms with E-state index in [-0.39, 0.29) is 11.6 Å². The van der Waals surface area contributed by atoms with Gasteiger partial charge in [0, 0.05) is 19.2 Å². The number of aromatic nitrogens is 1. The molecule has 1 aliphatic rings. The Morgan fingerprint density at radius 3 is 2.94 bits per heavy atom. The summed E-state index contributed by atoms with van der Waals surface area (Å²) in [6, 6.07) is 3.34. The van der Waals surface area contributed by atoms with E-state index in [9.17, 15) is 9.59 Å². The van der Waals surface area contributed by atoms with Crippen LogP contribution >= 0.6 is 0 Å². The summed E-state index contributed by atoms with van der Waals surface area (Å²) in [7, 11) is 0. The molecule has 0 aromatic carbocycles. The maximum absolute atomic E-state index is 11.8. The lowest BCUT2D eigenvalue weighted by Crippen LogP contribution is -2.34. The predicted octanol–water partition coefficient (Wildman–Crippen LogP) is 0.691. The van der Waals surface area contributed by atoms with Gasteiger partial charge in [0.2, 0.25) is 0 Å². The molecule has 1 aromatic heterocycles. The molecule has 0 atom stereocenters. The van der Waals surface area contributed by atoms with Crippen LogP contribution in [0.5, 0.6) is 0 Å². The molecule has 0 fully saturated rings. The average Bonchev–Trinajstić information content (AvgIpc) is 2.81. The Balaban J connectivity index is 2.19. The Bertz CT molecular complexity index is 436. The van der Waals surface area contributed by atoms with Crippen LogP contribution in [-0.4, -0.2) is 39.2 Å². The Labute approximate surface area is 91.6 Å². The molecule has 6 nitrogen and oxygen atoms in total. The van der Waals surface area contributed by atoms with Gasteiger partial charge in [-0.1, -0.05) is 0 Å². The van der Waals surface area contributed by atoms with Gasteiger partial charge in [0.25, 0.3) is 5.91 Å². The number of aliphatic carboxylic acids is 1. The minimum Gasteiger partial charge on any atom is -0.477 e. The van der Waals surface area contributed by atoms with E-state index in [1.54, 1.807) is 18.3 Å². The lowest BCUT2D eigenvalue weighted by molar-refractivity contribution is -0.129. The normalized spacial score (nSPS) is 15.8. The third-order valence-corrected chi connectivity index (χ3v) is 2.33. The SMILES string of the molecule is O=C(O)C1=NN(C(=O)c2ccc[nH]2)CCC1. The largest absolute Gasteiger partial charge is 0.477 e. The van der Waals surface area contributed by atoms with Crippen LogP contribution in [0.15, 0.2) is 23.4 Å². The second kappa shape index (κ2) is 4.18. The molecule has 16 heavy (non-hydrogen) atoms. The topological polar surface area (TPSA) is 85.8 Å². The van der Waals surface area contributed by atoms with Crippen molar-refractivity contribution >= 4 is 17.6 Å². The van der Waals surface area contributed by atoms with Crippen LogP contribution in [0, 0.1) is 0 Å². The standard InChI is InChI=1S/C10H11N3O3/c14-9(7-3-1-5-11-7)13-6-2-4-8(12-13)10(15)16/h1,3,5,11H,2,4,6H2,(H,15,16). The molecular weight excluding hydrogens is 210 g/mol. The van der Waals surface area contributed by atoms with Gasteiger partial charge in [-0.05, 0) is 18.6 Å². The van der Waals surface area contributed by atoms with Gasteiger partial charge in [-0.15, -0.1) is 0 Å². The smallest absolute Gasteiger partial charge is 0.352 e. The molecule has 1 amide bonds. The second-order valence-corrected chi connectivity index (χ2v) is 3.47. The van der Waals surface area contributed by atoms with Crippen molar-refractivity contribution in [1.29, 1.82) is 0 Å². The van der Waals surface area contributed by atoms with Crippen molar-refractivity contribution in [3.63, 3.8) is 0 Å². The molecule has 0 bridgehead atoms. The number of hydrogen-bond acceptors (Lipinski definition) is 3. The number of nitrogens with one attached hydrogen (secondary N) is 1.